The molecule has 30 heavy (non-hydrogen) atoms. The Balaban J connectivity index is 1.95. The Morgan fingerprint density at radius 1 is 1.00 bits per heavy atom. The standard InChI is InChI=1S/C22H19BrCl2N4O/c1-12-18(20-26-27-21(30-20)22(2,3)4)28-29(17-10-9-15(24)11-16(17)25)19(12)13-5-7-14(23)8-6-13/h5-11H,1-4H3. The molecule has 2 heterocycles. The number of halogens is 3. The first-order valence-corrected chi connectivity index (χ1v) is 10.9. The minimum Gasteiger partial charge on any atom is -0.419 e. The highest BCUT2D eigenvalue weighted by molar-refractivity contribution is 9.10. The summed E-state index contributed by atoms with van der Waals surface area (Å²) < 4.78 is 8.76. The lowest BCUT2D eigenvalue weighted by atomic mass is 9.97. The monoisotopic (exact) mass is 504 g/mol. The second-order valence-electron chi connectivity index (χ2n) is 8.00. The van der Waals surface area contributed by atoms with Crippen LogP contribution in [0.3, 0.4) is 0 Å². The van der Waals surface area contributed by atoms with E-state index in [1.807, 2.05) is 58.0 Å². The van der Waals surface area contributed by atoms with Gasteiger partial charge in [0.2, 0.25) is 5.89 Å². The van der Waals surface area contributed by atoms with Crippen LogP contribution in [0.1, 0.15) is 32.2 Å². The molecule has 0 saturated heterocycles. The van der Waals surface area contributed by atoms with E-state index in [-0.39, 0.29) is 5.41 Å². The van der Waals surface area contributed by atoms with Crippen molar-refractivity contribution in [3.63, 3.8) is 0 Å². The van der Waals surface area contributed by atoms with Crippen molar-refractivity contribution in [1.29, 1.82) is 0 Å². The van der Waals surface area contributed by atoms with Crippen LogP contribution in [0.2, 0.25) is 10.0 Å². The van der Waals surface area contributed by atoms with Crippen LogP contribution in [0.25, 0.3) is 28.5 Å². The van der Waals surface area contributed by atoms with E-state index in [1.165, 1.54) is 0 Å². The van der Waals surface area contributed by atoms with Gasteiger partial charge in [-0.1, -0.05) is 72.0 Å². The fraction of sp³-hybridized carbons (Fsp3) is 0.227. The molecule has 0 atom stereocenters. The topological polar surface area (TPSA) is 56.7 Å². The summed E-state index contributed by atoms with van der Waals surface area (Å²) in [4.78, 5) is 0. The van der Waals surface area contributed by atoms with E-state index in [2.05, 4.69) is 26.1 Å². The van der Waals surface area contributed by atoms with Crippen LogP contribution in [0.15, 0.2) is 51.4 Å². The molecule has 0 radical (unpaired) electrons. The smallest absolute Gasteiger partial charge is 0.268 e. The zero-order chi connectivity index (χ0) is 21.6. The van der Waals surface area contributed by atoms with Crippen molar-refractivity contribution >= 4 is 39.1 Å². The van der Waals surface area contributed by atoms with Crippen molar-refractivity contribution in [3.8, 4) is 28.5 Å². The fourth-order valence-corrected chi connectivity index (χ4v) is 3.85. The summed E-state index contributed by atoms with van der Waals surface area (Å²) in [5.74, 6) is 0.931. The molecule has 0 N–H and O–H groups in total. The Morgan fingerprint density at radius 3 is 2.30 bits per heavy atom. The molecule has 0 saturated carbocycles. The maximum absolute atomic E-state index is 6.52. The Bertz CT molecular complexity index is 1220. The van der Waals surface area contributed by atoms with E-state index in [9.17, 15) is 0 Å². The highest BCUT2D eigenvalue weighted by atomic mass is 79.9. The molecule has 4 rings (SSSR count). The lowest BCUT2D eigenvalue weighted by Crippen LogP contribution is -2.11. The molecule has 4 aromatic rings. The lowest BCUT2D eigenvalue weighted by Gasteiger charge is -2.11. The Morgan fingerprint density at radius 2 is 1.70 bits per heavy atom. The van der Waals surface area contributed by atoms with Gasteiger partial charge in [-0.15, -0.1) is 10.2 Å². The third-order valence-electron chi connectivity index (χ3n) is 4.65. The molecule has 154 valence electrons. The zero-order valence-electron chi connectivity index (χ0n) is 16.9. The third-order valence-corrected chi connectivity index (χ3v) is 5.71. The zero-order valence-corrected chi connectivity index (χ0v) is 20.0. The predicted octanol–water partition coefficient (Wildman–Crippen LogP) is 7.26. The van der Waals surface area contributed by atoms with E-state index in [4.69, 9.17) is 32.7 Å². The average molecular weight is 506 g/mol. The molecule has 0 unspecified atom stereocenters. The molecule has 2 aromatic heterocycles. The summed E-state index contributed by atoms with van der Waals surface area (Å²) in [6.07, 6.45) is 0. The van der Waals surface area contributed by atoms with Crippen LogP contribution in [-0.2, 0) is 5.41 Å². The highest BCUT2D eigenvalue weighted by Crippen LogP contribution is 2.36. The van der Waals surface area contributed by atoms with Crippen LogP contribution in [0.5, 0.6) is 0 Å². The Labute approximate surface area is 193 Å². The molecule has 0 spiro atoms. The third kappa shape index (κ3) is 3.92. The summed E-state index contributed by atoms with van der Waals surface area (Å²) in [6.45, 7) is 8.06. The predicted molar refractivity (Wildman–Crippen MR) is 123 cm³/mol. The van der Waals surface area contributed by atoms with Gasteiger partial charge in [0.1, 0.15) is 0 Å². The number of aromatic nitrogens is 4. The van der Waals surface area contributed by atoms with Crippen LogP contribution >= 0.6 is 39.1 Å². The summed E-state index contributed by atoms with van der Waals surface area (Å²) in [5, 5.41) is 14.3. The lowest BCUT2D eigenvalue weighted by molar-refractivity contribution is 0.398. The Kier molecular flexibility index (Phi) is 5.51. The molecule has 0 amide bonds. The quantitative estimate of drug-likeness (QED) is 0.294. The van der Waals surface area contributed by atoms with Gasteiger partial charge in [-0.3, -0.25) is 0 Å². The first-order chi connectivity index (χ1) is 14.1. The summed E-state index contributed by atoms with van der Waals surface area (Å²) >= 11 is 16.1. The summed E-state index contributed by atoms with van der Waals surface area (Å²) in [7, 11) is 0. The van der Waals surface area contributed by atoms with Gasteiger partial charge < -0.3 is 4.42 Å². The van der Waals surface area contributed by atoms with Crippen LogP contribution in [0.4, 0.5) is 0 Å². The van der Waals surface area contributed by atoms with E-state index >= 15 is 0 Å². The van der Waals surface area contributed by atoms with Crippen LogP contribution in [0, 0.1) is 6.92 Å². The normalized spacial score (nSPS) is 11.8. The Hall–Kier alpha value is -2.15. The van der Waals surface area contributed by atoms with E-state index in [1.54, 1.807) is 16.8 Å². The second-order valence-corrected chi connectivity index (χ2v) is 9.76. The summed E-state index contributed by atoms with van der Waals surface area (Å²) in [6, 6.07) is 13.3. The van der Waals surface area contributed by atoms with Gasteiger partial charge in [0.05, 0.1) is 16.4 Å². The van der Waals surface area contributed by atoms with Crippen molar-refractivity contribution in [3.05, 3.63) is 68.4 Å². The molecule has 0 fully saturated rings. The maximum atomic E-state index is 6.52. The van der Waals surface area contributed by atoms with Crippen molar-refractivity contribution in [1.82, 2.24) is 20.0 Å². The van der Waals surface area contributed by atoms with E-state index in [0.717, 1.165) is 21.3 Å². The van der Waals surface area contributed by atoms with Crippen molar-refractivity contribution in [2.75, 3.05) is 0 Å². The minimum atomic E-state index is -0.254. The molecule has 0 aliphatic heterocycles. The van der Waals surface area contributed by atoms with Crippen molar-refractivity contribution < 1.29 is 4.42 Å². The SMILES string of the molecule is Cc1c(-c2nnc(C(C)(C)C)o2)nn(-c2ccc(Cl)cc2Cl)c1-c1ccc(Br)cc1. The van der Waals surface area contributed by atoms with Crippen LogP contribution in [-0.4, -0.2) is 20.0 Å². The van der Waals surface area contributed by atoms with Gasteiger partial charge in [-0.05, 0) is 37.3 Å². The first kappa shape index (κ1) is 21.1. The molecular weight excluding hydrogens is 487 g/mol. The summed E-state index contributed by atoms with van der Waals surface area (Å²) in [5.41, 5.74) is 3.85. The molecule has 5 nitrogen and oxygen atoms in total. The molecule has 2 aromatic carbocycles. The molecule has 0 aliphatic rings. The number of benzene rings is 2. The van der Waals surface area contributed by atoms with E-state index in [0.29, 0.717) is 33.2 Å². The number of hydrogen-bond donors (Lipinski definition) is 0. The fourth-order valence-electron chi connectivity index (χ4n) is 3.10. The molecular formula is C22H19BrCl2N4O. The van der Waals surface area contributed by atoms with Gasteiger partial charge in [0.25, 0.3) is 5.89 Å². The number of nitrogens with zero attached hydrogens (tertiary/aromatic N) is 4. The van der Waals surface area contributed by atoms with Gasteiger partial charge >= 0.3 is 0 Å². The minimum absolute atomic E-state index is 0.254. The van der Waals surface area contributed by atoms with Gasteiger partial charge in [-0.25, -0.2) is 4.68 Å². The average Bonchev–Trinajstić information content (AvgIpc) is 3.28. The molecule has 0 bridgehead atoms. The van der Waals surface area contributed by atoms with Crippen LogP contribution < -0.4 is 0 Å². The first-order valence-electron chi connectivity index (χ1n) is 9.30. The number of hydrogen-bond acceptors (Lipinski definition) is 4. The van der Waals surface area contributed by atoms with Gasteiger partial charge in [0.15, 0.2) is 5.69 Å². The largest absolute Gasteiger partial charge is 0.419 e. The second kappa shape index (κ2) is 7.84. The van der Waals surface area contributed by atoms with Gasteiger partial charge in [-0.2, -0.15) is 5.10 Å². The van der Waals surface area contributed by atoms with Crippen molar-refractivity contribution in [2.45, 2.75) is 33.1 Å². The van der Waals surface area contributed by atoms with E-state index < -0.39 is 0 Å². The molecule has 8 heteroatoms. The molecule has 0 aliphatic carbocycles. The number of rotatable bonds is 3. The highest BCUT2D eigenvalue weighted by Gasteiger charge is 2.26. The maximum Gasteiger partial charge on any atom is 0.268 e. The van der Waals surface area contributed by atoms with Crippen molar-refractivity contribution in [2.24, 2.45) is 0 Å². The van der Waals surface area contributed by atoms with Gasteiger partial charge in [0, 0.05) is 26.0 Å².